The molecule has 1 aromatic heterocycles. The zero-order valence-electron chi connectivity index (χ0n) is 10.1. The van der Waals surface area contributed by atoms with Crippen LogP contribution in [0.25, 0.3) is 0 Å². The van der Waals surface area contributed by atoms with Gasteiger partial charge in [-0.25, -0.2) is 0 Å². The molecule has 1 amide bonds. The van der Waals surface area contributed by atoms with E-state index >= 15 is 0 Å². The Hall–Kier alpha value is -1.38. The van der Waals surface area contributed by atoms with Gasteiger partial charge in [0.1, 0.15) is 2.74 Å². The van der Waals surface area contributed by atoms with Crippen molar-refractivity contribution in [1.82, 2.24) is 0 Å². The van der Waals surface area contributed by atoms with E-state index < -0.39 is 42.9 Å². The maximum Gasteiger partial charge on any atom is 0.283 e. The maximum absolute atomic E-state index is 10.6. The summed E-state index contributed by atoms with van der Waals surface area (Å²) in [4.78, 5) is 10.6. The van der Waals surface area contributed by atoms with E-state index in [1.54, 1.807) is 0 Å². The number of aromatic nitrogens is 1. The van der Waals surface area contributed by atoms with E-state index in [1.807, 2.05) is 0 Å². The zero-order valence-corrected chi connectivity index (χ0v) is 5.14. The van der Waals surface area contributed by atoms with Gasteiger partial charge in [0.15, 0.2) is 12.3 Å². The monoisotopic (exact) mass is 142 g/mol. The lowest BCUT2D eigenvalue weighted by Gasteiger charge is -1.88. The van der Waals surface area contributed by atoms with E-state index in [0.29, 0.717) is 0 Å². The van der Waals surface area contributed by atoms with Gasteiger partial charge in [-0.15, -0.1) is 0 Å². The quantitative estimate of drug-likeness (QED) is 0.554. The van der Waals surface area contributed by atoms with Crippen LogP contribution in [0.5, 0.6) is 0 Å². The lowest BCUT2D eigenvalue weighted by atomic mass is 10.5. The van der Waals surface area contributed by atoms with Crippen molar-refractivity contribution in [3.8, 4) is 0 Å². The number of nitrogens with two attached hydrogens (primary N) is 1. The van der Waals surface area contributed by atoms with Gasteiger partial charge in [0.25, 0.3) is 5.91 Å². The fourth-order valence-electron chi connectivity index (χ4n) is 0.485. The lowest BCUT2D eigenvalue weighted by Crippen LogP contribution is -2.39. The summed E-state index contributed by atoms with van der Waals surface area (Å²) in [6.07, 6.45) is -0.917. The highest BCUT2D eigenvalue weighted by atomic mass is 16.1. The topological polar surface area (TPSA) is 47.0 Å². The van der Waals surface area contributed by atoms with Crippen molar-refractivity contribution in [2.24, 2.45) is 5.73 Å². The molecule has 3 heteroatoms. The van der Waals surface area contributed by atoms with E-state index in [-0.39, 0.29) is 0 Å². The van der Waals surface area contributed by atoms with Crippen LogP contribution in [0.1, 0.15) is 6.85 Å². The normalized spacial score (nSPS) is 16.2. The summed E-state index contributed by atoms with van der Waals surface area (Å²) in [5.74, 6) is -0.765. The second-order valence-corrected chi connectivity index (χ2v) is 1.65. The number of pyridine rings is 1. The van der Waals surface area contributed by atoms with E-state index in [2.05, 4.69) is 0 Å². The molecule has 0 bridgehead atoms. The fraction of sp³-hybridized carbons (Fsp3) is 0.143. The van der Waals surface area contributed by atoms with Crippen LogP contribution in [0.4, 0.5) is 0 Å². The summed E-state index contributed by atoms with van der Waals surface area (Å²) in [6.45, 7) is -0.435. The van der Waals surface area contributed by atoms with Gasteiger partial charge in [-0.3, -0.25) is 4.79 Å². The van der Waals surface area contributed by atoms with Crippen molar-refractivity contribution in [2.45, 2.75) is 6.54 Å². The van der Waals surface area contributed by atoms with Crippen LogP contribution in [0.15, 0.2) is 30.5 Å². The van der Waals surface area contributed by atoms with Gasteiger partial charge in [0, 0.05) is 12.1 Å². The predicted octanol–water partition coefficient (Wildman–Crippen LogP) is -0.541. The van der Waals surface area contributed by atoms with E-state index in [9.17, 15) is 4.79 Å². The second-order valence-electron chi connectivity index (χ2n) is 1.65. The molecular weight excluding hydrogens is 128 g/mol. The molecular formula is C7H9N2O+. The molecule has 0 aromatic carbocycles. The van der Waals surface area contributed by atoms with E-state index in [4.69, 9.17) is 12.6 Å². The van der Waals surface area contributed by atoms with Crippen LogP contribution in [0.2, 0.25) is 0 Å². The Kier molecular flexibility index (Phi) is 0.799. The summed E-state index contributed by atoms with van der Waals surface area (Å²) in [5.41, 5.74) is 4.90. The summed E-state index contributed by atoms with van der Waals surface area (Å²) >= 11 is 0. The van der Waals surface area contributed by atoms with Crippen LogP contribution in [0.3, 0.4) is 0 Å². The average Bonchev–Trinajstić information content (AvgIpc) is 2.18. The predicted molar refractivity (Wildman–Crippen MR) is 35.8 cm³/mol. The Labute approximate surface area is 66.1 Å². The molecule has 0 saturated heterocycles. The van der Waals surface area contributed by atoms with Crippen LogP contribution < -0.4 is 10.3 Å². The van der Waals surface area contributed by atoms with Gasteiger partial charge >= 0.3 is 0 Å². The molecule has 0 aliphatic rings. The average molecular weight is 142 g/mol. The van der Waals surface area contributed by atoms with Crippen molar-refractivity contribution in [1.29, 1.82) is 0 Å². The van der Waals surface area contributed by atoms with Crippen molar-refractivity contribution >= 4 is 5.91 Å². The summed E-state index contributed by atoms with van der Waals surface area (Å²) in [7, 11) is 0. The first-order valence-electron chi connectivity index (χ1n) is 5.11. The number of nitrogens with zero attached hydrogens (tertiary/aromatic N) is 1. The Morgan fingerprint density at radius 1 is 1.50 bits per heavy atom. The molecule has 0 radical (unpaired) electrons. The third-order valence-corrected chi connectivity index (χ3v) is 0.821. The first-order chi connectivity index (χ1) is 6.86. The molecule has 1 heterocycles. The molecule has 10 heavy (non-hydrogen) atoms. The Morgan fingerprint density at radius 3 is 2.60 bits per heavy atom. The molecule has 1 aromatic rings. The van der Waals surface area contributed by atoms with Crippen molar-refractivity contribution in [2.75, 3.05) is 0 Å². The van der Waals surface area contributed by atoms with Crippen molar-refractivity contribution in [3.63, 3.8) is 0 Å². The summed E-state index contributed by atoms with van der Waals surface area (Å²) < 4.78 is 37.5. The Morgan fingerprint density at radius 2 is 2.10 bits per heavy atom. The van der Waals surface area contributed by atoms with E-state index in [1.165, 1.54) is 0 Å². The van der Waals surface area contributed by atoms with Gasteiger partial charge in [-0.2, -0.15) is 4.57 Å². The number of carbonyl (C=O) groups is 1. The molecule has 0 unspecified atom stereocenters. The number of amides is 1. The Bertz CT molecular complexity index is 405. The molecule has 0 atom stereocenters. The molecule has 3 nitrogen and oxygen atoms in total. The molecule has 0 spiro atoms. The van der Waals surface area contributed by atoms with Crippen LogP contribution in [0, 0.1) is 0 Å². The largest absolute Gasteiger partial charge is 0.364 e. The molecule has 0 aliphatic heterocycles. The lowest BCUT2D eigenvalue weighted by molar-refractivity contribution is -0.684. The first kappa shape index (κ1) is 2.70. The Balaban J connectivity index is 3.45. The number of rotatable bonds is 2. The smallest absolute Gasteiger partial charge is 0.283 e. The van der Waals surface area contributed by atoms with Gasteiger partial charge in [-0.1, -0.05) is 6.04 Å². The highest BCUT2D eigenvalue weighted by Gasteiger charge is 2.00. The molecule has 52 valence electrons. The van der Waals surface area contributed by atoms with Crippen molar-refractivity contribution < 1.29 is 16.2 Å². The second kappa shape index (κ2) is 2.96. The minimum atomic E-state index is -0.765. The van der Waals surface area contributed by atoms with Gasteiger partial charge in [-0.05, 0) is 0 Å². The maximum atomic E-state index is 10.6. The minimum absolute atomic E-state index is 0.435. The first-order valence-corrected chi connectivity index (χ1v) is 2.61. The summed E-state index contributed by atoms with van der Waals surface area (Å²) in [6, 6.07) is -1.47. The van der Waals surface area contributed by atoms with Gasteiger partial charge < -0.3 is 5.73 Å². The van der Waals surface area contributed by atoms with E-state index in [0.717, 1.165) is 4.57 Å². The van der Waals surface area contributed by atoms with Gasteiger partial charge in [0.05, 0.1) is 4.11 Å². The van der Waals surface area contributed by atoms with Crippen molar-refractivity contribution in [3.05, 3.63) is 30.5 Å². The van der Waals surface area contributed by atoms with Crippen LogP contribution in [-0.2, 0) is 11.3 Å². The summed E-state index contributed by atoms with van der Waals surface area (Å²) in [5, 5.41) is 0. The van der Waals surface area contributed by atoms with Crippen LogP contribution in [-0.4, -0.2) is 5.91 Å². The fourth-order valence-corrected chi connectivity index (χ4v) is 0.485. The molecule has 0 aliphatic carbocycles. The molecule has 1 rings (SSSR count). The zero-order chi connectivity index (χ0) is 11.7. The number of primary amides is 1. The van der Waals surface area contributed by atoms with Gasteiger partial charge in [0.2, 0.25) is 6.54 Å². The molecule has 2 N–H and O–H groups in total. The third kappa shape index (κ3) is 1.85. The number of hydrogen-bond acceptors (Lipinski definition) is 1. The highest BCUT2D eigenvalue weighted by Crippen LogP contribution is 1.75. The SMILES string of the molecule is [2H]c1c([2H])c([2H])[n+](CC(N)=O)c([2H])c1[2H]. The standard InChI is InChI=1S/C7H8N2O/c8-7(10)6-9-4-2-1-3-5-9/h1-5H,6H2,(H-,8,10)/p+1/i1D,2D,3D,4D,5D. The third-order valence-electron chi connectivity index (χ3n) is 0.821. The molecule has 0 saturated carbocycles. The number of carbonyl (C=O) groups excluding carboxylic acids is 1. The van der Waals surface area contributed by atoms with Crippen LogP contribution >= 0.6 is 0 Å². The highest BCUT2D eigenvalue weighted by molar-refractivity contribution is 5.72. The molecule has 0 fully saturated rings. The number of hydrogen-bond donors (Lipinski definition) is 1. The minimum Gasteiger partial charge on any atom is -0.364 e.